The minimum absolute atomic E-state index is 0.222. The molecule has 2 aromatic carbocycles. The number of aromatic nitrogens is 3. The monoisotopic (exact) mass is 418 g/mol. The van der Waals surface area contributed by atoms with Crippen molar-refractivity contribution in [1.29, 1.82) is 0 Å². The van der Waals surface area contributed by atoms with E-state index in [-0.39, 0.29) is 5.91 Å². The van der Waals surface area contributed by atoms with Gasteiger partial charge in [0.2, 0.25) is 0 Å². The Hall–Kier alpha value is -4.58. The van der Waals surface area contributed by atoms with Gasteiger partial charge in [0.15, 0.2) is 0 Å². The first-order valence-electron chi connectivity index (χ1n) is 10.1. The molecule has 0 unspecified atom stereocenters. The smallest absolute Gasteiger partial charge is 0.256 e. The molecule has 0 saturated heterocycles. The van der Waals surface area contributed by atoms with Crippen LogP contribution in [-0.2, 0) is 0 Å². The first kappa shape index (κ1) is 19.4. The van der Waals surface area contributed by atoms with Crippen LogP contribution in [0, 0.1) is 0 Å². The molecule has 1 amide bonds. The van der Waals surface area contributed by atoms with Gasteiger partial charge in [-0.15, -0.1) is 0 Å². The molecule has 6 heteroatoms. The zero-order valence-corrected chi connectivity index (χ0v) is 17.0. The number of benzene rings is 2. The lowest BCUT2D eigenvalue weighted by atomic mass is 10.0. The number of hydrogen-bond acceptors (Lipinski definition) is 5. The summed E-state index contributed by atoms with van der Waals surface area (Å²) in [7, 11) is 0. The zero-order valence-electron chi connectivity index (χ0n) is 17.0. The van der Waals surface area contributed by atoms with E-state index in [2.05, 4.69) is 15.3 Å². The van der Waals surface area contributed by atoms with Crippen molar-refractivity contribution in [3.63, 3.8) is 0 Å². The molecule has 0 bridgehead atoms. The Morgan fingerprint density at radius 3 is 2.31 bits per heavy atom. The maximum atomic E-state index is 13.3. The van der Waals surface area contributed by atoms with Crippen LogP contribution in [0.4, 0.5) is 5.69 Å². The number of para-hydroxylation sites is 1. The van der Waals surface area contributed by atoms with Crippen molar-refractivity contribution in [2.24, 2.45) is 0 Å². The van der Waals surface area contributed by atoms with Crippen LogP contribution >= 0.6 is 0 Å². The van der Waals surface area contributed by atoms with Gasteiger partial charge >= 0.3 is 0 Å². The third kappa shape index (κ3) is 4.15. The van der Waals surface area contributed by atoms with Crippen molar-refractivity contribution in [2.75, 3.05) is 5.32 Å². The van der Waals surface area contributed by atoms with Crippen LogP contribution in [0.25, 0.3) is 22.2 Å². The van der Waals surface area contributed by atoms with Gasteiger partial charge in [-0.25, -0.2) is 4.98 Å². The average Bonchev–Trinajstić information content (AvgIpc) is 2.85. The SMILES string of the molecule is O=C(Nc1cccc(Oc2ccncc2)c1)c1cc(-c2ccncc2)nc2ccccc12. The first-order chi connectivity index (χ1) is 15.8. The molecule has 0 saturated carbocycles. The lowest BCUT2D eigenvalue weighted by Gasteiger charge is -2.12. The van der Waals surface area contributed by atoms with Crippen molar-refractivity contribution >= 4 is 22.5 Å². The fourth-order valence-corrected chi connectivity index (χ4v) is 3.41. The number of hydrogen-bond donors (Lipinski definition) is 1. The Labute approximate surface area is 184 Å². The van der Waals surface area contributed by atoms with Crippen molar-refractivity contribution in [1.82, 2.24) is 15.0 Å². The van der Waals surface area contributed by atoms with Gasteiger partial charge in [0.05, 0.1) is 16.8 Å². The molecule has 5 rings (SSSR count). The van der Waals surface area contributed by atoms with Crippen molar-refractivity contribution in [3.05, 3.63) is 109 Å². The average molecular weight is 418 g/mol. The van der Waals surface area contributed by atoms with E-state index in [1.807, 2.05) is 60.7 Å². The largest absolute Gasteiger partial charge is 0.457 e. The minimum Gasteiger partial charge on any atom is -0.457 e. The summed E-state index contributed by atoms with van der Waals surface area (Å²) in [6.45, 7) is 0. The summed E-state index contributed by atoms with van der Waals surface area (Å²) in [6, 6.07) is 24.0. The summed E-state index contributed by atoms with van der Waals surface area (Å²) in [5.41, 5.74) is 3.54. The van der Waals surface area contributed by atoms with Gasteiger partial charge in [0, 0.05) is 47.5 Å². The molecule has 0 radical (unpaired) electrons. The predicted octanol–water partition coefficient (Wildman–Crippen LogP) is 5.74. The summed E-state index contributed by atoms with van der Waals surface area (Å²) in [5, 5.41) is 3.77. The van der Waals surface area contributed by atoms with Gasteiger partial charge in [-0.3, -0.25) is 14.8 Å². The molecule has 0 aliphatic carbocycles. The number of amides is 1. The standard InChI is InChI=1S/C26H18N4O2/c31-26(29-19-4-3-5-21(16-19)32-20-10-14-28-15-11-20)23-17-25(18-8-12-27-13-9-18)30-24-7-2-1-6-22(23)24/h1-17H,(H,29,31). The molecule has 0 aliphatic rings. The van der Waals surface area contributed by atoms with Gasteiger partial charge in [-0.2, -0.15) is 0 Å². The maximum Gasteiger partial charge on any atom is 0.256 e. The number of nitrogens with one attached hydrogen (secondary N) is 1. The molecular formula is C26H18N4O2. The molecule has 5 aromatic rings. The fraction of sp³-hybridized carbons (Fsp3) is 0. The number of carbonyl (C=O) groups is 1. The van der Waals surface area contributed by atoms with E-state index in [0.717, 1.165) is 16.5 Å². The van der Waals surface area contributed by atoms with Crippen molar-refractivity contribution < 1.29 is 9.53 Å². The third-order valence-corrected chi connectivity index (χ3v) is 4.91. The predicted molar refractivity (Wildman–Crippen MR) is 124 cm³/mol. The Bertz CT molecular complexity index is 1390. The summed E-state index contributed by atoms with van der Waals surface area (Å²) in [5.74, 6) is 1.07. The van der Waals surface area contributed by atoms with E-state index < -0.39 is 0 Å². The van der Waals surface area contributed by atoms with Crippen molar-refractivity contribution in [2.45, 2.75) is 0 Å². The van der Waals surface area contributed by atoms with Crippen LogP contribution in [0.5, 0.6) is 11.5 Å². The number of ether oxygens (including phenoxy) is 1. The highest BCUT2D eigenvalue weighted by Gasteiger charge is 2.14. The van der Waals surface area contributed by atoms with Crippen LogP contribution in [0.3, 0.4) is 0 Å². The highest BCUT2D eigenvalue weighted by Crippen LogP contribution is 2.27. The number of carbonyl (C=O) groups excluding carboxylic acids is 1. The normalized spacial score (nSPS) is 10.6. The highest BCUT2D eigenvalue weighted by molar-refractivity contribution is 6.13. The molecular weight excluding hydrogens is 400 g/mol. The van der Waals surface area contributed by atoms with Crippen LogP contribution in [0.15, 0.2) is 104 Å². The molecule has 1 N–H and O–H groups in total. The summed E-state index contributed by atoms with van der Waals surface area (Å²) < 4.78 is 5.85. The fourth-order valence-electron chi connectivity index (χ4n) is 3.41. The number of nitrogens with zero attached hydrogens (tertiary/aromatic N) is 3. The van der Waals surface area contributed by atoms with Crippen molar-refractivity contribution in [3.8, 4) is 22.8 Å². The van der Waals surface area contributed by atoms with Crippen LogP contribution in [0.1, 0.15) is 10.4 Å². The first-order valence-corrected chi connectivity index (χ1v) is 10.1. The van der Waals surface area contributed by atoms with Crippen LogP contribution < -0.4 is 10.1 Å². The summed E-state index contributed by atoms with van der Waals surface area (Å²) >= 11 is 0. The molecule has 3 heterocycles. The second-order valence-corrected chi connectivity index (χ2v) is 7.08. The Balaban J connectivity index is 1.47. The van der Waals surface area contributed by atoms with E-state index >= 15 is 0 Å². The maximum absolute atomic E-state index is 13.3. The molecule has 6 nitrogen and oxygen atoms in total. The van der Waals surface area contributed by atoms with Crippen LogP contribution in [-0.4, -0.2) is 20.9 Å². The van der Waals surface area contributed by atoms with Gasteiger partial charge in [0.25, 0.3) is 5.91 Å². The number of rotatable bonds is 5. The second-order valence-electron chi connectivity index (χ2n) is 7.08. The van der Waals surface area contributed by atoms with Gasteiger partial charge in [-0.05, 0) is 48.5 Å². The molecule has 0 fully saturated rings. The second kappa shape index (κ2) is 8.65. The Morgan fingerprint density at radius 1 is 0.750 bits per heavy atom. The highest BCUT2D eigenvalue weighted by atomic mass is 16.5. The van der Waals surface area contributed by atoms with E-state index in [4.69, 9.17) is 9.72 Å². The Kier molecular flexibility index (Phi) is 5.24. The lowest BCUT2D eigenvalue weighted by molar-refractivity contribution is 0.102. The van der Waals surface area contributed by atoms with Crippen LogP contribution in [0.2, 0.25) is 0 Å². The number of anilines is 1. The molecule has 0 spiro atoms. The summed E-state index contributed by atoms with van der Waals surface area (Å²) in [4.78, 5) is 26.1. The number of fused-ring (bicyclic) bond motifs is 1. The lowest BCUT2D eigenvalue weighted by Crippen LogP contribution is -2.13. The Morgan fingerprint density at radius 2 is 1.50 bits per heavy atom. The molecule has 0 aliphatic heterocycles. The minimum atomic E-state index is -0.222. The summed E-state index contributed by atoms with van der Waals surface area (Å²) in [6.07, 6.45) is 6.74. The third-order valence-electron chi connectivity index (χ3n) is 4.91. The number of pyridine rings is 3. The quantitative estimate of drug-likeness (QED) is 0.394. The zero-order chi connectivity index (χ0) is 21.8. The topological polar surface area (TPSA) is 77.0 Å². The molecule has 3 aromatic heterocycles. The van der Waals surface area contributed by atoms with E-state index in [9.17, 15) is 4.79 Å². The molecule has 0 atom stereocenters. The van der Waals surface area contributed by atoms with Gasteiger partial charge < -0.3 is 10.1 Å². The van der Waals surface area contributed by atoms with Gasteiger partial charge in [-0.1, -0.05) is 24.3 Å². The molecule has 154 valence electrons. The van der Waals surface area contributed by atoms with E-state index in [1.165, 1.54) is 0 Å². The van der Waals surface area contributed by atoms with Gasteiger partial charge in [0.1, 0.15) is 11.5 Å². The molecule has 32 heavy (non-hydrogen) atoms. The van der Waals surface area contributed by atoms with E-state index in [0.29, 0.717) is 28.4 Å². The van der Waals surface area contributed by atoms with E-state index in [1.54, 1.807) is 43.0 Å².